The van der Waals surface area contributed by atoms with E-state index in [0.717, 1.165) is 45.3 Å². The van der Waals surface area contributed by atoms with Crippen LogP contribution < -0.4 is 15.7 Å². The first-order valence-electron chi connectivity index (χ1n) is 13.6. The van der Waals surface area contributed by atoms with Gasteiger partial charge in [-0.3, -0.25) is 4.68 Å². The molecule has 0 amide bonds. The van der Waals surface area contributed by atoms with Crippen molar-refractivity contribution in [3.63, 3.8) is 0 Å². The van der Waals surface area contributed by atoms with Crippen LogP contribution in [0, 0.1) is 32.9 Å². The van der Waals surface area contributed by atoms with Gasteiger partial charge in [0.15, 0.2) is 0 Å². The number of anilines is 2. The van der Waals surface area contributed by atoms with E-state index in [2.05, 4.69) is 121 Å². The molecule has 4 aromatic carbocycles. The number of rotatable bonds is 2. The van der Waals surface area contributed by atoms with Gasteiger partial charge in [-0.25, -0.2) is 0 Å². The molecule has 4 nitrogen and oxygen atoms in total. The third kappa shape index (κ3) is 3.94. The maximum Gasteiger partial charge on any atom is 2.00 e. The van der Waals surface area contributed by atoms with E-state index in [9.17, 15) is 0 Å². The smallest absolute Gasteiger partial charge is 0.413 e. The van der Waals surface area contributed by atoms with Crippen LogP contribution in [0.4, 0.5) is 11.4 Å². The summed E-state index contributed by atoms with van der Waals surface area (Å²) in [5.41, 5.74) is 15.6. The Morgan fingerprint density at radius 2 is 1.34 bits per heavy atom. The van der Waals surface area contributed by atoms with Crippen molar-refractivity contribution >= 4 is 29.1 Å². The van der Waals surface area contributed by atoms with Gasteiger partial charge in [0.2, 0.25) is 0 Å². The third-order valence-corrected chi connectivity index (χ3v) is 8.09. The second kappa shape index (κ2) is 9.70. The van der Waals surface area contributed by atoms with Crippen molar-refractivity contribution in [3.8, 4) is 39.2 Å². The van der Waals surface area contributed by atoms with Gasteiger partial charge < -0.3 is 9.79 Å². The average molecular weight is 619 g/mol. The average Bonchev–Trinajstić information content (AvgIpc) is 3.33. The van der Waals surface area contributed by atoms with Crippen molar-refractivity contribution in [3.05, 3.63) is 126 Å². The van der Waals surface area contributed by atoms with Crippen molar-refractivity contribution in [1.82, 2.24) is 14.8 Å². The number of aryl methyl sites for hydroxylation is 3. The second-order valence-corrected chi connectivity index (χ2v) is 10.7. The molecule has 0 saturated carbocycles. The summed E-state index contributed by atoms with van der Waals surface area (Å²) < 4.78 is 1.99. The van der Waals surface area contributed by atoms with E-state index in [-0.39, 0.29) is 27.3 Å². The minimum Gasteiger partial charge on any atom is -0.413 e. The van der Waals surface area contributed by atoms with Crippen molar-refractivity contribution < 1.29 is 20.4 Å². The van der Waals surface area contributed by atoms with Crippen LogP contribution in [0.3, 0.4) is 0 Å². The quantitative estimate of drug-likeness (QED) is 0.167. The molecule has 2 aromatic heterocycles. The van der Waals surface area contributed by atoms with Gasteiger partial charge >= 0.3 is 27.3 Å². The van der Waals surface area contributed by atoms with Crippen LogP contribution in [-0.4, -0.2) is 21.6 Å². The summed E-state index contributed by atoms with van der Waals surface area (Å²) in [5, 5.41) is 4.77. The van der Waals surface area contributed by atoms with Gasteiger partial charge in [0.25, 0.3) is 0 Å². The second-order valence-electron chi connectivity index (χ2n) is 10.7. The Labute approximate surface area is 254 Å². The van der Waals surface area contributed by atoms with E-state index in [1.54, 1.807) is 0 Å². The zero-order valence-corrected chi connectivity index (χ0v) is 24.5. The van der Waals surface area contributed by atoms with Crippen LogP contribution in [0.15, 0.2) is 97.2 Å². The zero-order valence-electron chi connectivity index (χ0n) is 22.9. The van der Waals surface area contributed by atoms with Crippen LogP contribution >= 0.6 is 0 Å². The fourth-order valence-electron chi connectivity index (χ4n) is 6.37. The molecular weight excluding hydrogens is 594 g/mol. The largest absolute Gasteiger partial charge is 2.00 e. The molecule has 6 heteroatoms. The first kappa shape index (κ1) is 25.7. The van der Waals surface area contributed by atoms with Gasteiger partial charge in [0, 0.05) is 11.9 Å². The van der Waals surface area contributed by atoms with Gasteiger partial charge in [-0.05, 0) is 44.3 Å². The SMILES string of the molecule is Cc1ccnc(-c2[c-]c3c(cc2)-c2ccccc2B2c4ccccc4-c4ccc(-n5nc(C)cc5C)[c-]c4N23)c1.[Pd+2]. The first-order chi connectivity index (χ1) is 19.6. The zero-order chi connectivity index (χ0) is 27.0. The van der Waals surface area contributed by atoms with Gasteiger partial charge in [0.05, 0.1) is 5.69 Å². The Hall–Kier alpha value is -4.23. The molecule has 8 rings (SSSR count). The van der Waals surface area contributed by atoms with Crippen LogP contribution in [0.2, 0.25) is 0 Å². The topological polar surface area (TPSA) is 34.0 Å². The molecule has 0 N–H and O–H groups in total. The number of benzene rings is 4. The van der Waals surface area contributed by atoms with Crippen molar-refractivity contribution in [1.29, 1.82) is 0 Å². The monoisotopic (exact) mass is 618 g/mol. The van der Waals surface area contributed by atoms with E-state index in [1.165, 1.54) is 33.2 Å². The van der Waals surface area contributed by atoms with Gasteiger partial charge in [0.1, 0.15) is 0 Å². The van der Waals surface area contributed by atoms with Gasteiger partial charge in [-0.15, -0.1) is 41.5 Å². The summed E-state index contributed by atoms with van der Waals surface area (Å²) in [6.07, 6.45) is 1.87. The molecular formula is C35H25BN4Pd. The Balaban J connectivity index is 0.00000276. The Morgan fingerprint density at radius 3 is 2.00 bits per heavy atom. The number of pyridine rings is 1. The van der Waals surface area contributed by atoms with Crippen LogP contribution in [-0.2, 0) is 20.4 Å². The molecule has 6 aromatic rings. The van der Waals surface area contributed by atoms with Crippen molar-refractivity contribution in [2.75, 3.05) is 4.81 Å². The predicted molar refractivity (Wildman–Crippen MR) is 163 cm³/mol. The van der Waals surface area contributed by atoms with Crippen molar-refractivity contribution in [2.45, 2.75) is 20.8 Å². The molecule has 0 radical (unpaired) electrons. The van der Waals surface area contributed by atoms with Crippen molar-refractivity contribution in [2.24, 2.45) is 0 Å². The molecule has 2 aliphatic rings. The fraction of sp³-hybridized carbons (Fsp3) is 0.0857. The van der Waals surface area contributed by atoms with E-state index in [1.807, 2.05) is 23.9 Å². The van der Waals surface area contributed by atoms with Crippen LogP contribution in [0.5, 0.6) is 0 Å². The molecule has 4 heterocycles. The summed E-state index contributed by atoms with van der Waals surface area (Å²) in [6.45, 7) is 6.22. The minimum absolute atomic E-state index is 0. The number of hydrogen-bond acceptors (Lipinski definition) is 3. The molecule has 2 aliphatic heterocycles. The van der Waals surface area contributed by atoms with E-state index in [0.29, 0.717) is 0 Å². The minimum atomic E-state index is -0.00340. The summed E-state index contributed by atoms with van der Waals surface area (Å²) in [4.78, 5) is 7.12. The molecule has 41 heavy (non-hydrogen) atoms. The summed E-state index contributed by atoms with van der Waals surface area (Å²) >= 11 is 0. The summed E-state index contributed by atoms with van der Waals surface area (Å²) in [6, 6.07) is 40.1. The maximum atomic E-state index is 4.77. The van der Waals surface area contributed by atoms with Crippen LogP contribution in [0.1, 0.15) is 17.0 Å². The number of hydrogen-bond donors (Lipinski definition) is 0. The Bertz CT molecular complexity index is 1980. The van der Waals surface area contributed by atoms with Gasteiger partial charge in [-0.2, -0.15) is 11.2 Å². The molecule has 0 unspecified atom stereocenters. The molecule has 0 saturated heterocycles. The molecule has 0 fully saturated rings. The number of nitrogens with zero attached hydrogens (tertiary/aromatic N) is 4. The van der Waals surface area contributed by atoms with E-state index in [4.69, 9.17) is 5.10 Å². The van der Waals surface area contributed by atoms with Crippen LogP contribution in [0.25, 0.3) is 39.2 Å². The normalized spacial score (nSPS) is 12.5. The molecule has 0 aliphatic carbocycles. The predicted octanol–water partition coefficient (Wildman–Crippen LogP) is 6.36. The molecule has 198 valence electrons. The number of aromatic nitrogens is 3. The third-order valence-electron chi connectivity index (χ3n) is 8.09. The molecule has 0 atom stereocenters. The summed E-state index contributed by atoms with van der Waals surface area (Å²) in [5.74, 6) is 0. The summed E-state index contributed by atoms with van der Waals surface area (Å²) in [7, 11) is 0. The van der Waals surface area contributed by atoms with E-state index < -0.39 is 0 Å². The molecule has 0 bridgehead atoms. The van der Waals surface area contributed by atoms with Gasteiger partial charge in [-0.1, -0.05) is 99.2 Å². The fourth-order valence-corrected chi connectivity index (χ4v) is 6.37. The number of fused-ring (bicyclic) bond motifs is 11. The standard InChI is InChI=1S/C35H25BN4.Pd/c1-22-16-17-37-33(18-22)25-12-14-29-27-8-4-6-10-31(27)36-32-11-7-5-9-28(32)30-15-13-26(40-24(3)19-23(2)38-40)21-35(30)39(36)34(29)20-25;/h4-19H,1-3H3;/q-2;+2. The Morgan fingerprint density at radius 1 is 0.683 bits per heavy atom. The molecule has 0 spiro atoms. The Kier molecular flexibility index (Phi) is 6.08. The van der Waals surface area contributed by atoms with E-state index >= 15 is 0 Å². The maximum absolute atomic E-state index is 4.77. The first-order valence-corrected chi connectivity index (χ1v) is 13.6.